The average Bonchev–Trinajstić information content (AvgIpc) is 2.47. The number of nitro benzene ring substituents is 1. The summed E-state index contributed by atoms with van der Waals surface area (Å²) in [5.74, 6) is -2.49. The number of anilines is 1. The Kier molecular flexibility index (Phi) is 4.52. The van der Waals surface area contributed by atoms with E-state index < -0.39 is 22.7 Å². The van der Waals surface area contributed by atoms with Gasteiger partial charge in [-0.15, -0.1) is 0 Å². The molecule has 0 aliphatic heterocycles. The molecule has 112 valence electrons. The summed E-state index contributed by atoms with van der Waals surface area (Å²) in [6, 6.07) is 5.47. The van der Waals surface area contributed by atoms with Gasteiger partial charge in [0.2, 0.25) is 5.91 Å². The van der Waals surface area contributed by atoms with E-state index in [2.05, 4.69) is 5.32 Å². The molecule has 1 aliphatic carbocycles. The van der Waals surface area contributed by atoms with E-state index in [1.807, 2.05) is 0 Å². The van der Waals surface area contributed by atoms with E-state index in [9.17, 15) is 19.7 Å². The van der Waals surface area contributed by atoms with E-state index in [0.29, 0.717) is 18.5 Å². The van der Waals surface area contributed by atoms with Gasteiger partial charge in [-0.05, 0) is 25.0 Å². The minimum atomic E-state index is -0.946. The number of carboxylic acid groups (broad SMARTS) is 1. The number of carbonyl (C=O) groups excluding carboxylic acids is 1. The maximum Gasteiger partial charge on any atom is 0.307 e. The van der Waals surface area contributed by atoms with Gasteiger partial charge in [0.25, 0.3) is 5.69 Å². The Bertz CT molecular complexity index is 555. The third kappa shape index (κ3) is 3.56. The highest BCUT2D eigenvalue weighted by Gasteiger charge is 2.35. The molecule has 2 rings (SSSR count). The summed E-state index contributed by atoms with van der Waals surface area (Å²) in [6.07, 6.45) is 2.71. The lowest BCUT2D eigenvalue weighted by Gasteiger charge is -2.27. The normalized spacial score (nSPS) is 21.5. The molecule has 1 aliphatic rings. The number of nitro groups is 1. The molecule has 2 atom stereocenters. The number of hydrogen-bond donors (Lipinski definition) is 2. The zero-order valence-electron chi connectivity index (χ0n) is 11.3. The molecule has 1 amide bonds. The average molecular weight is 292 g/mol. The van der Waals surface area contributed by atoms with Gasteiger partial charge in [-0.1, -0.05) is 12.8 Å². The topological polar surface area (TPSA) is 110 Å². The molecule has 2 N–H and O–H groups in total. The second-order valence-corrected chi connectivity index (χ2v) is 5.13. The number of carboxylic acids is 1. The maximum absolute atomic E-state index is 12.2. The molecule has 0 aromatic heterocycles. The van der Waals surface area contributed by atoms with Crippen molar-refractivity contribution in [1.29, 1.82) is 0 Å². The van der Waals surface area contributed by atoms with Crippen molar-refractivity contribution in [2.45, 2.75) is 25.7 Å². The van der Waals surface area contributed by atoms with Crippen LogP contribution < -0.4 is 5.32 Å². The highest BCUT2D eigenvalue weighted by Crippen LogP contribution is 2.31. The molecule has 7 heteroatoms. The fraction of sp³-hybridized carbons (Fsp3) is 0.429. The molecular weight excluding hydrogens is 276 g/mol. The van der Waals surface area contributed by atoms with E-state index in [0.717, 1.165) is 12.8 Å². The largest absolute Gasteiger partial charge is 0.481 e. The minimum absolute atomic E-state index is 0.0610. The van der Waals surface area contributed by atoms with Gasteiger partial charge in [0.1, 0.15) is 0 Å². The molecule has 0 heterocycles. The smallest absolute Gasteiger partial charge is 0.307 e. The second-order valence-electron chi connectivity index (χ2n) is 5.13. The fourth-order valence-electron chi connectivity index (χ4n) is 2.64. The Morgan fingerprint density at radius 1 is 1.14 bits per heavy atom. The number of amides is 1. The van der Waals surface area contributed by atoms with Gasteiger partial charge in [0.15, 0.2) is 0 Å². The second kappa shape index (κ2) is 6.34. The first kappa shape index (κ1) is 15.0. The number of non-ortho nitro benzene ring substituents is 1. The predicted octanol–water partition coefficient (Wildman–Crippen LogP) is 2.42. The lowest BCUT2D eigenvalue weighted by molar-refractivity contribution is -0.384. The molecule has 0 spiro atoms. The van der Waals surface area contributed by atoms with Crippen molar-refractivity contribution < 1.29 is 19.6 Å². The van der Waals surface area contributed by atoms with E-state index in [1.54, 1.807) is 0 Å². The predicted molar refractivity (Wildman–Crippen MR) is 74.8 cm³/mol. The molecule has 0 saturated heterocycles. The van der Waals surface area contributed by atoms with Gasteiger partial charge in [-0.2, -0.15) is 0 Å². The number of hydrogen-bond acceptors (Lipinski definition) is 4. The van der Waals surface area contributed by atoms with Crippen molar-refractivity contribution in [3.05, 3.63) is 34.4 Å². The van der Waals surface area contributed by atoms with Crippen LogP contribution in [-0.2, 0) is 9.59 Å². The van der Waals surface area contributed by atoms with Gasteiger partial charge in [0, 0.05) is 17.8 Å². The standard InChI is InChI=1S/C14H16N2O5/c17-13(11-3-1-2-4-12(11)14(18)19)15-9-5-7-10(8-6-9)16(20)21/h5-8,11-12H,1-4H2,(H,15,17)(H,18,19)/t11-,12-/m0/s1. The number of nitrogens with one attached hydrogen (secondary N) is 1. The molecule has 21 heavy (non-hydrogen) atoms. The molecule has 0 bridgehead atoms. The fourth-order valence-corrected chi connectivity index (χ4v) is 2.64. The molecule has 1 aromatic carbocycles. The van der Waals surface area contributed by atoms with Gasteiger partial charge in [0.05, 0.1) is 16.8 Å². The lowest BCUT2D eigenvalue weighted by Crippen LogP contribution is -2.36. The number of carbonyl (C=O) groups is 2. The number of benzene rings is 1. The van der Waals surface area contributed by atoms with E-state index in [1.165, 1.54) is 24.3 Å². The Hall–Kier alpha value is -2.44. The highest BCUT2D eigenvalue weighted by molar-refractivity contribution is 5.95. The summed E-state index contributed by atoms with van der Waals surface area (Å²) in [4.78, 5) is 33.4. The maximum atomic E-state index is 12.2. The molecule has 1 aromatic rings. The number of aliphatic carboxylic acids is 1. The molecule has 1 saturated carbocycles. The zero-order chi connectivity index (χ0) is 15.4. The van der Waals surface area contributed by atoms with Gasteiger partial charge >= 0.3 is 5.97 Å². The Morgan fingerprint density at radius 3 is 2.24 bits per heavy atom. The summed E-state index contributed by atoms with van der Waals surface area (Å²) in [5.41, 5.74) is 0.370. The third-order valence-electron chi connectivity index (χ3n) is 3.77. The van der Waals surface area contributed by atoms with E-state index in [-0.39, 0.29) is 11.6 Å². The summed E-state index contributed by atoms with van der Waals surface area (Å²) >= 11 is 0. The molecular formula is C14H16N2O5. The van der Waals surface area contributed by atoms with Crippen molar-refractivity contribution in [2.75, 3.05) is 5.32 Å². The van der Waals surface area contributed by atoms with Crippen LogP contribution >= 0.6 is 0 Å². The van der Waals surface area contributed by atoms with E-state index >= 15 is 0 Å². The van der Waals surface area contributed by atoms with Crippen LogP contribution in [0.15, 0.2) is 24.3 Å². The van der Waals surface area contributed by atoms with Crippen LogP contribution in [-0.4, -0.2) is 21.9 Å². The number of nitrogens with zero attached hydrogens (tertiary/aromatic N) is 1. The Morgan fingerprint density at radius 2 is 1.71 bits per heavy atom. The van der Waals surface area contributed by atoms with Gasteiger partial charge < -0.3 is 10.4 Å². The summed E-state index contributed by atoms with van der Waals surface area (Å²) in [7, 11) is 0. The van der Waals surface area contributed by atoms with Crippen molar-refractivity contribution in [2.24, 2.45) is 11.8 Å². The lowest BCUT2D eigenvalue weighted by atomic mass is 9.78. The Labute approximate surface area is 121 Å². The molecule has 7 nitrogen and oxygen atoms in total. The van der Waals surface area contributed by atoms with Crippen LogP contribution in [0.25, 0.3) is 0 Å². The first-order valence-electron chi connectivity index (χ1n) is 6.77. The van der Waals surface area contributed by atoms with Crippen molar-refractivity contribution in [3.63, 3.8) is 0 Å². The number of rotatable bonds is 4. The SMILES string of the molecule is O=C(O)[C@H]1CCCC[C@@H]1C(=O)Nc1ccc([N+](=O)[O-])cc1. The van der Waals surface area contributed by atoms with Crippen molar-refractivity contribution in [1.82, 2.24) is 0 Å². The molecule has 0 unspecified atom stereocenters. The van der Waals surface area contributed by atoms with Crippen LogP contribution in [0, 0.1) is 22.0 Å². The minimum Gasteiger partial charge on any atom is -0.481 e. The highest BCUT2D eigenvalue weighted by atomic mass is 16.6. The first-order chi connectivity index (χ1) is 9.99. The summed E-state index contributed by atoms with van der Waals surface area (Å²) in [6.45, 7) is 0. The van der Waals surface area contributed by atoms with Crippen molar-refractivity contribution >= 4 is 23.3 Å². The van der Waals surface area contributed by atoms with Crippen LogP contribution in [0.4, 0.5) is 11.4 Å². The van der Waals surface area contributed by atoms with Crippen LogP contribution in [0.3, 0.4) is 0 Å². The summed E-state index contributed by atoms with van der Waals surface area (Å²) in [5, 5.41) is 22.4. The van der Waals surface area contributed by atoms with Crippen LogP contribution in [0.1, 0.15) is 25.7 Å². The van der Waals surface area contributed by atoms with Crippen molar-refractivity contribution in [3.8, 4) is 0 Å². The molecule has 0 radical (unpaired) electrons. The summed E-state index contributed by atoms with van der Waals surface area (Å²) < 4.78 is 0. The van der Waals surface area contributed by atoms with E-state index in [4.69, 9.17) is 5.11 Å². The quantitative estimate of drug-likeness (QED) is 0.654. The Balaban J connectivity index is 2.05. The van der Waals surface area contributed by atoms with Crippen LogP contribution in [0.5, 0.6) is 0 Å². The van der Waals surface area contributed by atoms with Crippen LogP contribution in [0.2, 0.25) is 0 Å². The molecule has 1 fully saturated rings. The zero-order valence-corrected chi connectivity index (χ0v) is 11.3. The first-order valence-corrected chi connectivity index (χ1v) is 6.77. The monoisotopic (exact) mass is 292 g/mol. The third-order valence-corrected chi connectivity index (χ3v) is 3.77. The van der Waals surface area contributed by atoms with Gasteiger partial charge in [-0.25, -0.2) is 0 Å². The van der Waals surface area contributed by atoms with Gasteiger partial charge in [-0.3, -0.25) is 19.7 Å².